The Morgan fingerprint density at radius 2 is 1.82 bits per heavy atom. The Hall–Kier alpha value is -3.50. The van der Waals surface area contributed by atoms with Crippen LogP contribution in [0.1, 0.15) is 26.7 Å². The number of hydrogen-bond acceptors (Lipinski definition) is 6. The molecule has 0 saturated carbocycles. The molecule has 1 atom stereocenters. The lowest BCUT2D eigenvalue weighted by atomic mass is 9.83. The number of nitrogens with zero attached hydrogens (tertiary/aromatic N) is 1. The number of benzene rings is 3. The highest BCUT2D eigenvalue weighted by Gasteiger charge is 2.32. The molecule has 0 saturated heterocycles. The minimum Gasteiger partial charge on any atom is -0.440 e. The molecule has 33 heavy (non-hydrogen) atoms. The Labute approximate surface area is 203 Å². The van der Waals surface area contributed by atoms with Gasteiger partial charge in [-0.25, -0.2) is 4.79 Å². The van der Waals surface area contributed by atoms with Crippen LogP contribution in [0.15, 0.2) is 78.2 Å². The van der Waals surface area contributed by atoms with Crippen molar-refractivity contribution in [1.29, 1.82) is 5.26 Å². The minimum absolute atomic E-state index is 0.0223. The van der Waals surface area contributed by atoms with Gasteiger partial charge in [0.05, 0.1) is 10.9 Å². The molecule has 1 unspecified atom stereocenters. The first kappa shape index (κ1) is 21.4. The molecule has 0 aliphatic carbocycles. The average Bonchev–Trinajstić information content (AvgIpc) is 3.15. The Balaban J connectivity index is 1.51. The van der Waals surface area contributed by atoms with E-state index in [0.717, 1.165) is 15.6 Å². The van der Waals surface area contributed by atoms with Crippen LogP contribution in [0.5, 0.6) is 11.5 Å². The van der Waals surface area contributed by atoms with Crippen molar-refractivity contribution in [2.24, 2.45) is 5.73 Å². The van der Waals surface area contributed by atoms with E-state index in [-0.39, 0.29) is 17.2 Å². The highest BCUT2D eigenvalue weighted by atomic mass is 35.5. The van der Waals surface area contributed by atoms with Gasteiger partial charge in [-0.05, 0) is 23.8 Å². The van der Waals surface area contributed by atoms with E-state index in [1.807, 2.05) is 42.5 Å². The zero-order valence-corrected chi connectivity index (χ0v) is 19.2. The van der Waals surface area contributed by atoms with Crippen LogP contribution in [0, 0.1) is 11.3 Å². The van der Waals surface area contributed by atoms with Crippen molar-refractivity contribution in [3.8, 4) is 17.6 Å². The summed E-state index contributed by atoms with van der Waals surface area (Å²) < 4.78 is 12.2. The van der Waals surface area contributed by atoms with E-state index in [0.29, 0.717) is 26.2 Å². The molecule has 162 valence electrons. The first-order valence-electron chi connectivity index (χ1n) is 9.83. The number of rotatable bonds is 3. The number of fused-ring (bicyclic) bond motifs is 2. The predicted octanol–water partition coefficient (Wildman–Crippen LogP) is 6.65. The van der Waals surface area contributed by atoms with E-state index in [1.165, 1.54) is 11.3 Å². The number of halogens is 2. The summed E-state index contributed by atoms with van der Waals surface area (Å²) in [6.07, 6.45) is 0. The van der Waals surface area contributed by atoms with E-state index in [9.17, 15) is 10.1 Å². The maximum atomic E-state index is 12.8. The van der Waals surface area contributed by atoms with Crippen molar-refractivity contribution in [2.75, 3.05) is 0 Å². The van der Waals surface area contributed by atoms with Gasteiger partial charge in [-0.15, -0.1) is 11.3 Å². The van der Waals surface area contributed by atoms with Gasteiger partial charge in [0.2, 0.25) is 5.88 Å². The van der Waals surface area contributed by atoms with Gasteiger partial charge in [0, 0.05) is 26.7 Å². The number of allylic oxidation sites excluding steroid dienone is 1. The molecular formula is C25H14Cl2N2O3S. The monoisotopic (exact) mass is 492 g/mol. The SMILES string of the molecule is N#CC1=C(N)Oc2cc(OC(=O)c3sc4ccccc4c3Cl)ccc2C1c1ccccc1Cl. The third-order valence-corrected chi connectivity index (χ3v) is 7.34. The molecule has 0 bridgehead atoms. The maximum Gasteiger partial charge on any atom is 0.355 e. The second-order valence-corrected chi connectivity index (χ2v) is 9.11. The summed E-state index contributed by atoms with van der Waals surface area (Å²) in [5, 5.41) is 11.4. The Bertz CT molecular complexity index is 1500. The summed E-state index contributed by atoms with van der Waals surface area (Å²) in [5.74, 6) is -0.455. The summed E-state index contributed by atoms with van der Waals surface area (Å²) in [6.45, 7) is 0. The second kappa shape index (κ2) is 8.45. The average molecular weight is 493 g/mol. The molecule has 5 rings (SSSR count). The van der Waals surface area contributed by atoms with Crippen molar-refractivity contribution in [3.63, 3.8) is 0 Å². The van der Waals surface area contributed by atoms with Crippen LogP contribution in [0.3, 0.4) is 0 Å². The molecule has 4 aromatic rings. The van der Waals surface area contributed by atoms with Crippen LogP contribution in [0.4, 0.5) is 0 Å². The third-order valence-electron chi connectivity index (χ3n) is 5.34. The number of thiophene rings is 1. The number of carbonyl (C=O) groups is 1. The number of hydrogen-bond donors (Lipinski definition) is 1. The first-order chi connectivity index (χ1) is 16.0. The Morgan fingerprint density at radius 3 is 2.58 bits per heavy atom. The van der Waals surface area contributed by atoms with Crippen molar-refractivity contribution in [1.82, 2.24) is 0 Å². The van der Waals surface area contributed by atoms with Gasteiger partial charge < -0.3 is 15.2 Å². The fourth-order valence-corrected chi connectivity index (χ4v) is 5.46. The van der Waals surface area contributed by atoms with Gasteiger partial charge in [-0.3, -0.25) is 0 Å². The van der Waals surface area contributed by atoms with Gasteiger partial charge in [0.25, 0.3) is 0 Å². The molecule has 0 amide bonds. The lowest BCUT2D eigenvalue weighted by Crippen LogP contribution is -2.21. The number of nitrogens with two attached hydrogens (primary N) is 1. The van der Waals surface area contributed by atoms with Gasteiger partial charge in [0.15, 0.2) is 0 Å². The molecule has 1 aromatic heterocycles. The lowest BCUT2D eigenvalue weighted by molar-refractivity contribution is 0.0740. The van der Waals surface area contributed by atoms with Gasteiger partial charge in [-0.1, -0.05) is 65.7 Å². The Kier molecular flexibility index (Phi) is 5.47. The fraction of sp³-hybridized carbons (Fsp3) is 0.0400. The predicted molar refractivity (Wildman–Crippen MR) is 129 cm³/mol. The summed E-state index contributed by atoms with van der Waals surface area (Å²) in [4.78, 5) is 13.2. The highest BCUT2D eigenvalue weighted by molar-refractivity contribution is 7.21. The van der Waals surface area contributed by atoms with Crippen molar-refractivity contribution < 1.29 is 14.3 Å². The third kappa shape index (κ3) is 3.70. The Morgan fingerprint density at radius 1 is 1.06 bits per heavy atom. The molecule has 2 N–H and O–H groups in total. The molecular weight excluding hydrogens is 479 g/mol. The zero-order valence-electron chi connectivity index (χ0n) is 16.8. The topological polar surface area (TPSA) is 85.3 Å². The number of carbonyl (C=O) groups excluding carboxylic acids is 1. The fourth-order valence-electron chi connectivity index (χ4n) is 3.83. The van der Waals surface area contributed by atoms with Crippen LogP contribution in [-0.2, 0) is 0 Å². The summed E-state index contributed by atoms with van der Waals surface area (Å²) in [6, 6.07) is 21.8. The number of ether oxygens (including phenoxy) is 2. The summed E-state index contributed by atoms with van der Waals surface area (Å²) >= 11 is 14.1. The van der Waals surface area contributed by atoms with E-state index < -0.39 is 11.9 Å². The number of esters is 1. The van der Waals surface area contributed by atoms with E-state index in [1.54, 1.807) is 24.3 Å². The quantitative estimate of drug-likeness (QED) is 0.255. The molecule has 5 nitrogen and oxygen atoms in total. The van der Waals surface area contributed by atoms with Crippen molar-refractivity contribution >= 4 is 50.6 Å². The van der Waals surface area contributed by atoms with Gasteiger partial charge >= 0.3 is 5.97 Å². The van der Waals surface area contributed by atoms with Crippen molar-refractivity contribution in [3.05, 3.63) is 104 Å². The van der Waals surface area contributed by atoms with E-state index >= 15 is 0 Å². The van der Waals surface area contributed by atoms with Crippen LogP contribution in [-0.4, -0.2) is 5.97 Å². The molecule has 0 fully saturated rings. The summed E-state index contributed by atoms with van der Waals surface area (Å²) in [5.41, 5.74) is 7.73. The molecule has 8 heteroatoms. The summed E-state index contributed by atoms with van der Waals surface area (Å²) in [7, 11) is 0. The molecule has 3 aromatic carbocycles. The van der Waals surface area contributed by atoms with E-state index in [2.05, 4.69) is 6.07 Å². The van der Waals surface area contributed by atoms with Crippen LogP contribution >= 0.6 is 34.5 Å². The molecule has 2 heterocycles. The van der Waals surface area contributed by atoms with Crippen LogP contribution < -0.4 is 15.2 Å². The lowest BCUT2D eigenvalue weighted by Gasteiger charge is -2.27. The maximum absolute atomic E-state index is 12.8. The molecule has 0 spiro atoms. The highest BCUT2D eigenvalue weighted by Crippen LogP contribution is 2.45. The van der Waals surface area contributed by atoms with Crippen LogP contribution in [0.2, 0.25) is 10.0 Å². The standard InChI is InChI=1S/C25H14Cl2N2O3S/c26-18-7-3-1-5-14(18)21-15-10-9-13(11-19(15)32-24(29)17(21)12-28)31-25(30)23-22(27)16-6-2-4-8-20(16)33-23/h1-11,21H,29H2. The smallest absolute Gasteiger partial charge is 0.355 e. The molecule has 0 radical (unpaired) electrons. The molecule has 1 aliphatic rings. The van der Waals surface area contributed by atoms with Crippen LogP contribution in [0.25, 0.3) is 10.1 Å². The van der Waals surface area contributed by atoms with Gasteiger partial charge in [-0.2, -0.15) is 5.26 Å². The number of nitriles is 1. The largest absolute Gasteiger partial charge is 0.440 e. The minimum atomic E-state index is -0.569. The van der Waals surface area contributed by atoms with E-state index in [4.69, 9.17) is 38.4 Å². The normalized spacial score (nSPS) is 15.0. The van der Waals surface area contributed by atoms with Gasteiger partial charge in [0.1, 0.15) is 28.0 Å². The molecule has 1 aliphatic heterocycles. The zero-order chi connectivity index (χ0) is 23.1. The van der Waals surface area contributed by atoms with Crippen molar-refractivity contribution in [2.45, 2.75) is 5.92 Å². The first-order valence-corrected chi connectivity index (χ1v) is 11.4. The second-order valence-electron chi connectivity index (χ2n) is 7.28.